The van der Waals surface area contributed by atoms with Crippen LogP contribution in [0.2, 0.25) is 0 Å². The van der Waals surface area contributed by atoms with Crippen LogP contribution in [0.1, 0.15) is 35.8 Å². The van der Waals surface area contributed by atoms with Crippen molar-refractivity contribution in [2.24, 2.45) is 0 Å². The standard InChI is InChI=1S/C28H31N7O3/c1-3-29-28(36)19-4-5-26(31-13-19)33-27-12-22-9-18(6-7-35(22)34-27)24-8-17(2)30-14-25(24)38-23-10-20-15-37-16-21(11-23)32-20/h4-9,12-14,20-21,23,32H,3,10-11,15-16H2,1-2H3,(H,29,36)(H,31,33,34)/t20-,21+,23?. The maximum Gasteiger partial charge on any atom is 0.252 e. The van der Waals surface area contributed by atoms with Gasteiger partial charge in [0, 0.05) is 61.2 Å². The molecule has 2 aliphatic heterocycles. The quantitative estimate of drug-likeness (QED) is 0.344. The van der Waals surface area contributed by atoms with Crippen molar-refractivity contribution in [1.82, 2.24) is 30.2 Å². The zero-order valence-corrected chi connectivity index (χ0v) is 21.5. The Bertz CT molecular complexity index is 1440. The van der Waals surface area contributed by atoms with E-state index in [2.05, 4.69) is 43.1 Å². The van der Waals surface area contributed by atoms with Gasteiger partial charge in [-0.05, 0) is 49.7 Å². The third-order valence-corrected chi connectivity index (χ3v) is 6.90. The first kappa shape index (κ1) is 24.3. The number of amides is 1. The predicted octanol–water partition coefficient (Wildman–Crippen LogP) is 3.49. The number of fused-ring (bicyclic) bond motifs is 3. The van der Waals surface area contributed by atoms with Crippen LogP contribution in [0.5, 0.6) is 5.75 Å². The normalized spacial score (nSPS) is 20.7. The molecule has 3 N–H and O–H groups in total. The van der Waals surface area contributed by atoms with Gasteiger partial charge in [-0.3, -0.25) is 9.78 Å². The zero-order valence-electron chi connectivity index (χ0n) is 21.5. The number of hydrogen-bond acceptors (Lipinski definition) is 8. The number of piperidine rings is 1. The Morgan fingerprint density at radius 1 is 1.11 bits per heavy atom. The van der Waals surface area contributed by atoms with Crippen LogP contribution in [0.25, 0.3) is 16.6 Å². The molecule has 0 saturated carbocycles. The van der Waals surface area contributed by atoms with Gasteiger partial charge in [0.15, 0.2) is 5.82 Å². The Balaban J connectivity index is 1.22. The minimum Gasteiger partial charge on any atom is -0.488 e. The number of pyridine rings is 3. The highest BCUT2D eigenvalue weighted by molar-refractivity contribution is 5.94. The molecular formula is C28H31N7O3. The first-order valence-corrected chi connectivity index (χ1v) is 13.0. The number of aryl methyl sites for hydroxylation is 1. The van der Waals surface area contributed by atoms with Gasteiger partial charge in [0.2, 0.25) is 0 Å². The fraction of sp³-hybridized carbons (Fsp3) is 0.357. The molecule has 0 aromatic carbocycles. The third kappa shape index (κ3) is 5.18. The van der Waals surface area contributed by atoms with Crippen LogP contribution >= 0.6 is 0 Å². The number of anilines is 2. The number of nitrogens with zero attached hydrogens (tertiary/aromatic N) is 4. The van der Waals surface area contributed by atoms with Crippen molar-refractivity contribution in [1.29, 1.82) is 0 Å². The van der Waals surface area contributed by atoms with Crippen LogP contribution in [0, 0.1) is 6.92 Å². The van der Waals surface area contributed by atoms with Crippen LogP contribution in [-0.2, 0) is 4.74 Å². The molecule has 0 spiro atoms. The number of carbonyl (C=O) groups excluding carboxylic acids is 1. The summed E-state index contributed by atoms with van der Waals surface area (Å²) >= 11 is 0. The molecule has 0 radical (unpaired) electrons. The molecule has 1 unspecified atom stereocenters. The van der Waals surface area contributed by atoms with E-state index in [9.17, 15) is 4.79 Å². The van der Waals surface area contributed by atoms with Gasteiger partial charge < -0.3 is 25.4 Å². The van der Waals surface area contributed by atoms with Gasteiger partial charge >= 0.3 is 0 Å². The van der Waals surface area contributed by atoms with Crippen molar-refractivity contribution < 1.29 is 14.3 Å². The number of ether oxygens (including phenoxy) is 2. The molecule has 2 bridgehead atoms. The molecule has 10 heteroatoms. The highest BCUT2D eigenvalue weighted by Crippen LogP contribution is 2.34. The Kier molecular flexibility index (Phi) is 6.65. The van der Waals surface area contributed by atoms with Crippen molar-refractivity contribution in [3.8, 4) is 16.9 Å². The van der Waals surface area contributed by atoms with Gasteiger partial charge in [0.25, 0.3) is 5.91 Å². The second-order valence-electron chi connectivity index (χ2n) is 9.86. The van der Waals surface area contributed by atoms with Crippen molar-refractivity contribution >= 4 is 23.1 Å². The SMILES string of the molecule is CCNC(=O)c1ccc(Nc2cc3cc(-c4cc(C)ncc4OC4C[C@H]5COC[C@@H](C4)N5)ccn3n2)nc1. The lowest BCUT2D eigenvalue weighted by Crippen LogP contribution is -2.56. The molecule has 6 heterocycles. The molecule has 4 aromatic rings. The fourth-order valence-electron chi connectivity index (χ4n) is 5.15. The highest BCUT2D eigenvalue weighted by atomic mass is 16.5. The van der Waals surface area contributed by atoms with Crippen LogP contribution in [0.4, 0.5) is 11.6 Å². The number of morpholine rings is 1. The summed E-state index contributed by atoms with van der Waals surface area (Å²) in [6.07, 6.45) is 7.28. The lowest BCUT2D eigenvalue weighted by atomic mass is 9.94. The first-order valence-electron chi connectivity index (χ1n) is 13.0. The van der Waals surface area contributed by atoms with Gasteiger partial charge in [-0.25, -0.2) is 9.50 Å². The summed E-state index contributed by atoms with van der Waals surface area (Å²) in [5.41, 5.74) is 4.42. The average molecular weight is 514 g/mol. The average Bonchev–Trinajstić information content (AvgIpc) is 3.31. The van der Waals surface area contributed by atoms with E-state index in [1.54, 1.807) is 18.3 Å². The van der Waals surface area contributed by atoms with Crippen LogP contribution in [0.15, 0.2) is 55.0 Å². The summed E-state index contributed by atoms with van der Waals surface area (Å²) in [4.78, 5) is 20.8. The molecule has 2 saturated heterocycles. The zero-order chi connectivity index (χ0) is 26.1. The Morgan fingerprint density at radius 3 is 2.71 bits per heavy atom. The van der Waals surface area contributed by atoms with Gasteiger partial charge in [0.1, 0.15) is 17.7 Å². The molecule has 6 rings (SSSR count). The van der Waals surface area contributed by atoms with Gasteiger partial charge in [0.05, 0.1) is 30.5 Å². The molecule has 0 aliphatic carbocycles. The lowest BCUT2D eigenvalue weighted by molar-refractivity contribution is -0.0122. The van der Waals surface area contributed by atoms with E-state index in [1.807, 2.05) is 42.9 Å². The van der Waals surface area contributed by atoms with Crippen LogP contribution < -0.4 is 20.7 Å². The minimum absolute atomic E-state index is 0.125. The maximum absolute atomic E-state index is 12.0. The molecule has 4 aromatic heterocycles. The largest absolute Gasteiger partial charge is 0.488 e. The second kappa shape index (κ2) is 10.4. The van der Waals surface area contributed by atoms with E-state index in [0.717, 1.165) is 54.1 Å². The van der Waals surface area contributed by atoms with E-state index < -0.39 is 0 Å². The topological polar surface area (TPSA) is 115 Å². The highest BCUT2D eigenvalue weighted by Gasteiger charge is 2.33. The maximum atomic E-state index is 12.0. The van der Waals surface area contributed by atoms with Crippen molar-refractivity contribution in [2.75, 3.05) is 25.1 Å². The molecule has 3 atom stereocenters. The van der Waals surface area contributed by atoms with Crippen molar-refractivity contribution in [2.45, 2.75) is 44.9 Å². The summed E-state index contributed by atoms with van der Waals surface area (Å²) in [5.74, 6) is 1.92. The minimum atomic E-state index is -0.140. The fourth-order valence-corrected chi connectivity index (χ4v) is 5.15. The Morgan fingerprint density at radius 2 is 1.95 bits per heavy atom. The van der Waals surface area contributed by atoms with Gasteiger partial charge in [-0.2, -0.15) is 5.10 Å². The number of hydrogen-bond donors (Lipinski definition) is 3. The molecule has 196 valence electrons. The monoisotopic (exact) mass is 513 g/mol. The van der Waals surface area contributed by atoms with E-state index in [4.69, 9.17) is 9.47 Å². The molecule has 38 heavy (non-hydrogen) atoms. The molecule has 2 aliphatic rings. The first-order chi connectivity index (χ1) is 18.5. The van der Waals surface area contributed by atoms with Crippen LogP contribution in [0.3, 0.4) is 0 Å². The summed E-state index contributed by atoms with van der Waals surface area (Å²) < 4.78 is 14.0. The smallest absolute Gasteiger partial charge is 0.252 e. The second-order valence-corrected chi connectivity index (χ2v) is 9.86. The summed E-state index contributed by atoms with van der Waals surface area (Å²) in [5, 5.41) is 14.2. The molecule has 2 fully saturated rings. The Labute approximate surface area is 220 Å². The summed E-state index contributed by atoms with van der Waals surface area (Å²) in [7, 11) is 0. The van der Waals surface area contributed by atoms with E-state index in [1.165, 1.54) is 0 Å². The molecule has 1 amide bonds. The predicted molar refractivity (Wildman–Crippen MR) is 144 cm³/mol. The van der Waals surface area contributed by atoms with Crippen LogP contribution in [-0.4, -0.2) is 63.4 Å². The van der Waals surface area contributed by atoms with E-state index in [0.29, 0.717) is 35.8 Å². The summed E-state index contributed by atoms with van der Waals surface area (Å²) in [6.45, 7) is 5.91. The lowest BCUT2D eigenvalue weighted by Gasteiger charge is -2.40. The van der Waals surface area contributed by atoms with E-state index >= 15 is 0 Å². The number of nitrogens with one attached hydrogen (secondary N) is 3. The summed E-state index contributed by atoms with van der Waals surface area (Å²) in [6, 6.07) is 12.3. The number of carbonyl (C=O) groups is 1. The van der Waals surface area contributed by atoms with Gasteiger partial charge in [-0.15, -0.1) is 0 Å². The third-order valence-electron chi connectivity index (χ3n) is 6.90. The number of aromatic nitrogens is 4. The molecule has 10 nitrogen and oxygen atoms in total. The van der Waals surface area contributed by atoms with Gasteiger partial charge in [-0.1, -0.05) is 0 Å². The number of rotatable bonds is 7. The van der Waals surface area contributed by atoms with E-state index in [-0.39, 0.29) is 12.0 Å². The Hall–Kier alpha value is -4.02. The van der Waals surface area contributed by atoms with Crippen molar-refractivity contribution in [3.63, 3.8) is 0 Å². The van der Waals surface area contributed by atoms with Crippen molar-refractivity contribution in [3.05, 3.63) is 66.2 Å². The molecular weight excluding hydrogens is 482 g/mol.